The topological polar surface area (TPSA) is 98.7 Å². The van der Waals surface area contributed by atoms with E-state index in [0.29, 0.717) is 28.7 Å². The van der Waals surface area contributed by atoms with Crippen LogP contribution < -0.4 is 5.32 Å². The summed E-state index contributed by atoms with van der Waals surface area (Å²) in [5.41, 5.74) is 3.47. The maximum atomic E-state index is 13.2. The van der Waals surface area contributed by atoms with Crippen LogP contribution in [0.5, 0.6) is 0 Å². The zero-order valence-electron chi connectivity index (χ0n) is 17.0. The lowest BCUT2D eigenvalue weighted by atomic mass is 10.1. The Morgan fingerprint density at radius 2 is 1.88 bits per heavy atom. The van der Waals surface area contributed by atoms with Crippen LogP contribution in [0.3, 0.4) is 0 Å². The molecule has 3 heterocycles. The Hall–Kier alpha value is -4.33. The summed E-state index contributed by atoms with van der Waals surface area (Å²) in [6.45, 7) is 0. The molecule has 0 saturated heterocycles. The van der Waals surface area contributed by atoms with E-state index in [-0.39, 0.29) is 5.91 Å². The Kier molecular flexibility index (Phi) is 4.28. The second-order valence-corrected chi connectivity index (χ2v) is 7.76. The molecule has 6 rings (SSSR count). The number of amides is 1. The third-order valence-electron chi connectivity index (χ3n) is 5.52. The zero-order valence-corrected chi connectivity index (χ0v) is 17.0. The molecule has 1 saturated carbocycles. The first-order valence-corrected chi connectivity index (χ1v) is 10.4. The number of nitrogens with zero attached hydrogens (tertiary/aromatic N) is 5. The highest BCUT2D eigenvalue weighted by Crippen LogP contribution is 2.36. The van der Waals surface area contributed by atoms with E-state index < -0.39 is 0 Å². The van der Waals surface area contributed by atoms with Crippen molar-refractivity contribution in [3.63, 3.8) is 0 Å². The third-order valence-corrected chi connectivity index (χ3v) is 5.52. The molecule has 1 aliphatic rings. The number of hydrogen-bond donors (Lipinski definition) is 1. The van der Waals surface area contributed by atoms with E-state index >= 15 is 0 Å². The van der Waals surface area contributed by atoms with E-state index in [0.717, 1.165) is 35.1 Å². The smallest absolute Gasteiger partial charge is 0.256 e. The third kappa shape index (κ3) is 3.31. The molecule has 8 nitrogen and oxygen atoms in total. The molecule has 0 unspecified atom stereocenters. The molecule has 5 aromatic rings. The lowest BCUT2D eigenvalue weighted by molar-refractivity contribution is 0.102. The van der Waals surface area contributed by atoms with Gasteiger partial charge in [0.25, 0.3) is 5.91 Å². The number of hydrogen-bond acceptors (Lipinski definition) is 6. The van der Waals surface area contributed by atoms with Gasteiger partial charge in [-0.1, -0.05) is 18.2 Å². The van der Waals surface area contributed by atoms with E-state index in [1.807, 2.05) is 59.3 Å². The van der Waals surface area contributed by atoms with Crippen molar-refractivity contribution < 1.29 is 9.21 Å². The summed E-state index contributed by atoms with van der Waals surface area (Å²) in [6, 6.07) is 20.9. The Morgan fingerprint density at radius 1 is 1.03 bits per heavy atom. The zero-order chi connectivity index (χ0) is 21.5. The first kappa shape index (κ1) is 18.4. The van der Waals surface area contributed by atoms with Gasteiger partial charge in [-0.3, -0.25) is 4.79 Å². The molecule has 0 aliphatic heterocycles. The van der Waals surface area contributed by atoms with E-state index in [1.54, 1.807) is 18.4 Å². The summed E-state index contributed by atoms with van der Waals surface area (Å²) in [7, 11) is 0. The highest BCUT2D eigenvalue weighted by molar-refractivity contribution is 6.13. The van der Waals surface area contributed by atoms with Crippen molar-refractivity contribution in [2.75, 3.05) is 5.32 Å². The maximum Gasteiger partial charge on any atom is 0.256 e. The highest BCUT2D eigenvalue weighted by atomic mass is 16.3. The summed E-state index contributed by atoms with van der Waals surface area (Å²) in [6.07, 6.45) is 3.80. The fourth-order valence-corrected chi connectivity index (χ4v) is 3.76. The van der Waals surface area contributed by atoms with Gasteiger partial charge in [0, 0.05) is 16.6 Å². The van der Waals surface area contributed by atoms with Crippen LogP contribution >= 0.6 is 0 Å². The van der Waals surface area contributed by atoms with Crippen LogP contribution in [0.25, 0.3) is 33.7 Å². The van der Waals surface area contributed by atoms with Gasteiger partial charge in [-0.2, -0.15) is 0 Å². The van der Waals surface area contributed by atoms with Crippen LogP contribution in [0, 0.1) is 0 Å². The number of furan rings is 1. The molecule has 0 bridgehead atoms. The molecule has 8 heteroatoms. The SMILES string of the molecule is O=C(Nc1ccc(-c2nnnn2C2CC2)cc1)c1cc(-c2ccco2)nc2ccccc12. The molecule has 156 valence electrons. The largest absolute Gasteiger partial charge is 0.463 e. The Balaban J connectivity index is 1.31. The lowest BCUT2D eigenvalue weighted by Gasteiger charge is -2.10. The second kappa shape index (κ2) is 7.42. The number of carbonyl (C=O) groups is 1. The minimum atomic E-state index is -0.216. The van der Waals surface area contributed by atoms with Gasteiger partial charge in [-0.15, -0.1) is 5.10 Å². The first-order chi connectivity index (χ1) is 15.8. The fraction of sp³-hybridized carbons (Fsp3) is 0.125. The van der Waals surface area contributed by atoms with Gasteiger partial charge in [0.15, 0.2) is 11.6 Å². The van der Waals surface area contributed by atoms with Crippen molar-refractivity contribution in [2.45, 2.75) is 18.9 Å². The first-order valence-electron chi connectivity index (χ1n) is 10.4. The average Bonchev–Trinajstić information content (AvgIpc) is 3.31. The minimum absolute atomic E-state index is 0.216. The normalized spacial score (nSPS) is 13.4. The number of benzene rings is 2. The van der Waals surface area contributed by atoms with Crippen molar-refractivity contribution in [2.24, 2.45) is 0 Å². The number of tetrazole rings is 1. The molecule has 1 aliphatic carbocycles. The number of nitrogens with one attached hydrogen (secondary N) is 1. The number of para-hydroxylation sites is 1. The summed E-state index contributed by atoms with van der Waals surface area (Å²) in [5, 5.41) is 15.8. The van der Waals surface area contributed by atoms with E-state index in [9.17, 15) is 4.79 Å². The van der Waals surface area contributed by atoms with Crippen LogP contribution in [0.1, 0.15) is 29.2 Å². The number of carbonyl (C=O) groups excluding carboxylic acids is 1. The Labute approximate surface area is 182 Å². The molecule has 3 aromatic heterocycles. The maximum absolute atomic E-state index is 13.2. The number of aromatic nitrogens is 5. The van der Waals surface area contributed by atoms with Crippen LogP contribution in [0.15, 0.2) is 77.4 Å². The molecule has 1 amide bonds. The molecule has 32 heavy (non-hydrogen) atoms. The Morgan fingerprint density at radius 3 is 2.66 bits per heavy atom. The Bertz CT molecular complexity index is 1420. The van der Waals surface area contributed by atoms with Gasteiger partial charge in [0.1, 0.15) is 5.69 Å². The quantitative estimate of drug-likeness (QED) is 0.439. The molecule has 0 radical (unpaired) electrons. The molecule has 0 atom stereocenters. The summed E-state index contributed by atoms with van der Waals surface area (Å²) in [4.78, 5) is 17.8. The summed E-state index contributed by atoms with van der Waals surface area (Å²) in [5.74, 6) is 1.14. The van der Waals surface area contributed by atoms with Gasteiger partial charge in [-0.05, 0) is 71.8 Å². The predicted molar refractivity (Wildman–Crippen MR) is 119 cm³/mol. The number of rotatable bonds is 5. The molecule has 0 spiro atoms. The number of fused-ring (bicyclic) bond motifs is 1. The molecule has 1 fully saturated rings. The van der Waals surface area contributed by atoms with Crippen LogP contribution in [-0.4, -0.2) is 31.1 Å². The fourth-order valence-electron chi connectivity index (χ4n) is 3.76. The van der Waals surface area contributed by atoms with Gasteiger partial charge < -0.3 is 9.73 Å². The molecular weight excluding hydrogens is 404 g/mol. The van der Waals surface area contributed by atoms with Crippen LogP contribution in [-0.2, 0) is 0 Å². The minimum Gasteiger partial charge on any atom is -0.463 e. The van der Waals surface area contributed by atoms with Crippen molar-refractivity contribution >= 4 is 22.5 Å². The van der Waals surface area contributed by atoms with Crippen molar-refractivity contribution in [1.82, 2.24) is 25.2 Å². The average molecular weight is 422 g/mol. The number of anilines is 1. The van der Waals surface area contributed by atoms with Gasteiger partial charge in [0.05, 0.1) is 23.4 Å². The van der Waals surface area contributed by atoms with E-state index in [4.69, 9.17) is 4.42 Å². The van der Waals surface area contributed by atoms with E-state index in [1.165, 1.54) is 0 Å². The highest BCUT2D eigenvalue weighted by Gasteiger charge is 2.28. The molecule has 1 N–H and O–H groups in total. The molecular formula is C24H18N6O2. The second-order valence-electron chi connectivity index (χ2n) is 7.76. The molecule has 2 aromatic carbocycles. The standard InChI is InChI=1S/C24H18N6O2/c31-24(19-14-21(22-6-3-13-32-22)26-20-5-2-1-4-18(19)20)25-16-9-7-15(8-10-16)23-27-28-29-30(23)17-11-12-17/h1-10,13-14,17H,11-12H2,(H,25,31). The van der Waals surface area contributed by atoms with Crippen molar-refractivity contribution in [3.05, 3.63) is 78.6 Å². The number of pyridine rings is 1. The van der Waals surface area contributed by atoms with Gasteiger partial charge >= 0.3 is 0 Å². The lowest BCUT2D eigenvalue weighted by Crippen LogP contribution is -2.13. The van der Waals surface area contributed by atoms with Crippen molar-refractivity contribution in [3.8, 4) is 22.8 Å². The monoisotopic (exact) mass is 422 g/mol. The van der Waals surface area contributed by atoms with Crippen LogP contribution in [0.4, 0.5) is 5.69 Å². The summed E-state index contributed by atoms with van der Waals surface area (Å²) >= 11 is 0. The predicted octanol–water partition coefficient (Wildman–Crippen LogP) is 4.74. The van der Waals surface area contributed by atoms with E-state index in [2.05, 4.69) is 25.8 Å². The van der Waals surface area contributed by atoms with Crippen LogP contribution in [0.2, 0.25) is 0 Å². The van der Waals surface area contributed by atoms with Crippen molar-refractivity contribution in [1.29, 1.82) is 0 Å². The van der Waals surface area contributed by atoms with Gasteiger partial charge in [-0.25, -0.2) is 9.67 Å². The van der Waals surface area contributed by atoms with Gasteiger partial charge in [0.2, 0.25) is 0 Å². The summed E-state index contributed by atoms with van der Waals surface area (Å²) < 4.78 is 7.36.